The topological polar surface area (TPSA) is 126 Å². The van der Waals surface area contributed by atoms with E-state index in [2.05, 4.69) is 15.3 Å². The van der Waals surface area contributed by atoms with Gasteiger partial charge in [-0.2, -0.15) is 0 Å². The van der Waals surface area contributed by atoms with E-state index in [-0.39, 0.29) is 17.9 Å². The third-order valence-electron chi connectivity index (χ3n) is 2.39. The van der Waals surface area contributed by atoms with Crippen molar-refractivity contribution in [3.8, 4) is 0 Å². The first kappa shape index (κ1) is 16.0. The Morgan fingerprint density at radius 1 is 1.35 bits per heavy atom. The third-order valence-corrected chi connectivity index (χ3v) is 3.37. The quantitative estimate of drug-likeness (QED) is 0.718. The van der Waals surface area contributed by atoms with Gasteiger partial charge in [-0.1, -0.05) is 0 Å². The lowest BCUT2D eigenvalue weighted by molar-refractivity contribution is -0.139. The molecule has 0 bridgehead atoms. The Morgan fingerprint density at radius 2 is 2.00 bits per heavy atom. The number of sulfone groups is 1. The molecule has 1 rings (SSSR count). The van der Waals surface area contributed by atoms with Crippen LogP contribution in [0.4, 0.5) is 0 Å². The van der Waals surface area contributed by atoms with Crippen molar-refractivity contribution in [2.24, 2.45) is 0 Å². The molecule has 1 aromatic heterocycles. The zero-order chi connectivity index (χ0) is 15.3. The van der Waals surface area contributed by atoms with Gasteiger partial charge in [0.05, 0.1) is 17.6 Å². The van der Waals surface area contributed by atoms with Crippen LogP contribution < -0.4 is 5.32 Å². The number of hydrogen-bond donors (Lipinski definition) is 2. The average Bonchev–Trinajstić information content (AvgIpc) is 2.33. The molecular formula is C11H15N3O5S. The molecule has 0 aliphatic heterocycles. The van der Waals surface area contributed by atoms with E-state index < -0.39 is 27.8 Å². The van der Waals surface area contributed by atoms with Crippen molar-refractivity contribution in [3.05, 3.63) is 23.8 Å². The predicted octanol–water partition coefficient (Wildman–Crippen LogP) is -0.597. The summed E-state index contributed by atoms with van der Waals surface area (Å²) in [5, 5.41) is 11.2. The van der Waals surface area contributed by atoms with Crippen LogP contribution in [0.25, 0.3) is 0 Å². The normalized spacial score (nSPS) is 12.7. The second-order valence-electron chi connectivity index (χ2n) is 4.33. The third kappa shape index (κ3) is 5.31. The number of rotatable bonds is 6. The highest BCUT2D eigenvalue weighted by Crippen LogP contribution is 2.00. The number of nitrogens with one attached hydrogen (secondary N) is 1. The van der Waals surface area contributed by atoms with Gasteiger partial charge >= 0.3 is 5.97 Å². The van der Waals surface area contributed by atoms with Crippen LogP contribution in [-0.4, -0.2) is 53.4 Å². The van der Waals surface area contributed by atoms with Gasteiger partial charge in [-0.05, 0) is 13.3 Å². The van der Waals surface area contributed by atoms with Crippen LogP contribution in [0.3, 0.4) is 0 Å². The summed E-state index contributed by atoms with van der Waals surface area (Å²) >= 11 is 0. The molecule has 0 saturated carbocycles. The fourth-order valence-electron chi connectivity index (χ4n) is 1.33. The van der Waals surface area contributed by atoms with Crippen molar-refractivity contribution in [2.45, 2.75) is 19.4 Å². The molecule has 110 valence electrons. The summed E-state index contributed by atoms with van der Waals surface area (Å²) in [4.78, 5) is 30.4. The van der Waals surface area contributed by atoms with Gasteiger partial charge in [0.15, 0.2) is 0 Å². The number of aryl methyl sites for hydroxylation is 1. The number of amides is 1. The van der Waals surface area contributed by atoms with Crippen molar-refractivity contribution in [3.63, 3.8) is 0 Å². The van der Waals surface area contributed by atoms with Gasteiger partial charge in [0.2, 0.25) is 0 Å². The predicted molar refractivity (Wildman–Crippen MR) is 70.0 cm³/mol. The maximum absolute atomic E-state index is 11.8. The Balaban J connectivity index is 2.73. The van der Waals surface area contributed by atoms with Crippen LogP contribution in [0.2, 0.25) is 0 Å². The van der Waals surface area contributed by atoms with E-state index in [4.69, 9.17) is 5.11 Å². The molecule has 0 aromatic carbocycles. The molecule has 1 aromatic rings. The number of carbonyl (C=O) groups excluding carboxylic acids is 1. The van der Waals surface area contributed by atoms with E-state index in [9.17, 15) is 18.0 Å². The first-order valence-electron chi connectivity index (χ1n) is 5.69. The van der Waals surface area contributed by atoms with Crippen LogP contribution in [0.1, 0.15) is 22.6 Å². The van der Waals surface area contributed by atoms with E-state index in [1.807, 2.05) is 0 Å². The molecule has 8 nitrogen and oxygen atoms in total. The van der Waals surface area contributed by atoms with E-state index in [1.165, 1.54) is 12.4 Å². The van der Waals surface area contributed by atoms with E-state index in [1.54, 1.807) is 6.92 Å². The number of aliphatic carboxylic acids is 1. The highest BCUT2D eigenvalue weighted by molar-refractivity contribution is 7.90. The van der Waals surface area contributed by atoms with Crippen LogP contribution in [0.15, 0.2) is 12.4 Å². The number of carbonyl (C=O) groups is 2. The Kier molecular flexibility index (Phi) is 5.14. The first-order valence-corrected chi connectivity index (χ1v) is 7.75. The Hall–Kier alpha value is -2.03. The number of aromatic nitrogens is 2. The van der Waals surface area contributed by atoms with Crippen LogP contribution in [0.5, 0.6) is 0 Å². The summed E-state index contributed by atoms with van der Waals surface area (Å²) < 4.78 is 22.0. The number of hydrogen-bond acceptors (Lipinski definition) is 6. The summed E-state index contributed by atoms with van der Waals surface area (Å²) in [5.74, 6) is -2.34. The lowest BCUT2D eigenvalue weighted by Crippen LogP contribution is -2.42. The van der Waals surface area contributed by atoms with Gasteiger partial charge < -0.3 is 10.4 Å². The number of carboxylic acid groups (broad SMARTS) is 1. The molecule has 1 atom stereocenters. The summed E-state index contributed by atoms with van der Waals surface area (Å²) in [6.45, 7) is 1.70. The molecule has 1 amide bonds. The van der Waals surface area contributed by atoms with Gasteiger partial charge in [0.1, 0.15) is 21.6 Å². The largest absolute Gasteiger partial charge is 0.480 e. The minimum Gasteiger partial charge on any atom is -0.480 e. The standard InChI is InChI=1S/C11H15N3O5S/c1-7-5-13-9(6-12-7)10(15)14-8(11(16)17)3-4-20(2,18)19/h5-6,8H,3-4H2,1-2H3,(H,14,15)(H,16,17). The summed E-state index contributed by atoms with van der Waals surface area (Å²) in [7, 11) is -3.30. The minimum absolute atomic E-state index is 0.0267. The maximum Gasteiger partial charge on any atom is 0.326 e. The highest BCUT2D eigenvalue weighted by Gasteiger charge is 2.22. The second kappa shape index (κ2) is 6.42. The zero-order valence-electron chi connectivity index (χ0n) is 11.0. The van der Waals surface area contributed by atoms with E-state index in [0.717, 1.165) is 6.26 Å². The summed E-state index contributed by atoms with van der Waals surface area (Å²) in [6.07, 6.45) is 3.39. The van der Waals surface area contributed by atoms with Gasteiger partial charge in [-0.25, -0.2) is 18.2 Å². The van der Waals surface area contributed by atoms with Gasteiger partial charge in [-0.3, -0.25) is 9.78 Å². The molecule has 0 radical (unpaired) electrons. The van der Waals surface area contributed by atoms with Gasteiger partial charge in [-0.15, -0.1) is 0 Å². The van der Waals surface area contributed by atoms with Crippen molar-refractivity contribution in [2.75, 3.05) is 12.0 Å². The molecule has 0 aliphatic carbocycles. The molecule has 20 heavy (non-hydrogen) atoms. The van der Waals surface area contributed by atoms with Crippen molar-refractivity contribution < 1.29 is 23.1 Å². The molecule has 9 heteroatoms. The van der Waals surface area contributed by atoms with Crippen molar-refractivity contribution in [1.29, 1.82) is 0 Å². The molecule has 0 fully saturated rings. The molecule has 0 saturated heterocycles. The second-order valence-corrected chi connectivity index (χ2v) is 6.59. The van der Waals surface area contributed by atoms with Crippen molar-refractivity contribution in [1.82, 2.24) is 15.3 Å². The first-order chi connectivity index (χ1) is 9.19. The smallest absolute Gasteiger partial charge is 0.326 e. The number of carboxylic acids is 1. The monoisotopic (exact) mass is 301 g/mol. The molecular weight excluding hydrogens is 286 g/mol. The maximum atomic E-state index is 11.8. The fourth-order valence-corrected chi connectivity index (χ4v) is 2.00. The Bertz CT molecular complexity index is 597. The molecule has 2 N–H and O–H groups in total. The SMILES string of the molecule is Cc1cnc(C(=O)NC(CCS(C)(=O)=O)C(=O)O)cn1. The van der Waals surface area contributed by atoms with E-state index >= 15 is 0 Å². The fraction of sp³-hybridized carbons (Fsp3) is 0.455. The van der Waals surface area contributed by atoms with Crippen LogP contribution >= 0.6 is 0 Å². The zero-order valence-corrected chi connectivity index (χ0v) is 11.8. The lowest BCUT2D eigenvalue weighted by atomic mass is 10.2. The van der Waals surface area contributed by atoms with Crippen LogP contribution in [0, 0.1) is 6.92 Å². The summed E-state index contributed by atoms with van der Waals surface area (Å²) in [5.41, 5.74) is 0.592. The lowest BCUT2D eigenvalue weighted by Gasteiger charge is -2.13. The number of nitrogens with zero attached hydrogens (tertiary/aromatic N) is 2. The van der Waals surface area contributed by atoms with E-state index in [0.29, 0.717) is 5.69 Å². The molecule has 0 aliphatic rings. The van der Waals surface area contributed by atoms with Gasteiger partial charge in [0, 0.05) is 12.5 Å². The molecule has 1 unspecified atom stereocenters. The minimum atomic E-state index is -3.30. The Labute approximate surface area is 116 Å². The average molecular weight is 301 g/mol. The van der Waals surface area contributed by atoms with Crippen molar-refractivity contribution >= 4 is 21.7 Å². The molecule has 1 heterocycles. The molecule has 0 spiro atoms. The van der Waals surface area contributed by atoms with Gasteiger partial charge in [0.25, 0.3) is 5.91 Å². The Morgan fingerprint density at radius 3 is 2.45 bits per heavy atom. The summed E-state index contributed by atoms with van der Waals surface area (Å²) in [6, 6.07) is -1.29. The highest BCUT2D eigenvalue weighted by atomic mass is 32.2. The van der Waals surface area contributed by atoms with Crippen LogP contribution in [-0.2, 0) is 14.6 Å².